The summed E-state index contributed by atoms with van der Waals surface area (Å²) in [6.07, 6.45) is 1.89. The molecule has 38 heavy (non-hydrogen) atoms. The summed E-state index contributed by atoms with van der Waals surface area (Å²) in [4.78, 5) is 12.9. The lowest BCUT2D eigenvalue weighted by molar-refractivity contribution is 0.102. The van der Waals surface area contributed by atoms with Crippen LogP contribution in [-0.4, -0.2) is 18.6 Å². The van der Waals surface area contributed by atoms with Crippen LogP contribution >= 0.6 is 0 Å². The summed E-state index contributed by atoms with van der Waals surface area (Å²) in [6.45, 7) is 6.50. The SMILES string of the molecule is COc1cccc2c1-c1ccc3c(c1C(c1cccc(NC(=O)c4ccccc4)c1)O2)C(C)=CC(C)(C)N3. The van der Waals surface area contributed by atoms with Crippen LogP contribution in [-0.2, 0) is 0 Å². The van der Waals surface area contributed by atoms with E-state index in [4.69, 9.17) is 9.47 Å². The molecule has 0 fully saturated rings. The first-order valence-electron chi connectivity index (χ1n) is 12.8. The van der Waals surface area contributed by atoms with E-state index in [0.29, 0.717) is 11.3 Å². The predicted octanol–water partition coefficient (Wildman–Crippen LogP) is 7.70. The highest BCUT2D eigenvalue weighted by molar-refractivity contribution is 6.04. The average molecular weight is 503 g/mol. The molecule has 2 aliphatic heterocycles. The zero-order valence-corrected chi connectivity index (χ0v) is 22.0. The molecule has 2 aliphatic rings. The van der Waals surface area contributed by atoms with Gasteiger partial charge in [0.25, 0.3) is 5.91 Å². The number of anilines is 2. The van der Waals surface area contributed by atoms with Gasteiger partial charge in [-0.15, -0.1) is 0 Å². The Morgan fingerprint density at radius 2 is 1.74 bits per heavy atom. The van der Waals surface area contributed by atoms with Crippen molar-refractivity contribution >= 4 is 22.9 Å². The highest BCUT2D eigenvalue weighted by Gasteiger charge is 2.35. The summed E-state index contributed by atoms with van der Waals surface area (Å²) in [5.74, 6) is 1.40. The third-order valence-corrected chi connectivity index (χ3v) is 7.14. The monoisotopic (exact) mass is 502 g/mol. The van der Waals surface area contributed by atoms with Crippen LogP contribution in [0.1, 0.15) is 53.9 Å². The van der Waals surface area contributed by atoms with Crippen molar-refractivity contribution in [2.24, 2.45) is 0 Å². The fourth-order valence-corrected chi connectivity index (χ4v) is 5.67. The molecule has 5 heteroatoms. The van der Waals surface area contributed by atoms with Crippen molar-refractivity contribution in [2.45, 2.75) is 32.4 Å². The van der Waals surface area contributed by atoms with Crippen LogP contribution < -0.4 is 20.1 Å². The van der Waals surface area contributed by atoms with Crippen molar-refractivity contribution in [1.29, 1.82) is 0 Å². The molecule has 4 aromatic rings. The van der Waals surface area contributed by atoms with E-state index < -0.39 is 0 Å². The zero-order chi connectivity index (χ0) is 26.4. The lowest BCUT2D eigenvalue weighted by Gasteiger charge is -2.37. The lowest BCUT2D eigenvalue weighted by atomic mass is 9.80. The van der Waals surface area contributed by atoms with E-state index in [9.17, 15) is 4.79 Å². The van der Waals surface area contributed by atoms with Crippen LogP contribution in [0.4, 0.5) is 11.4 Å². The van der Waals surface area contributed by atoms with Crippen LogP contribution in [0.15, 0.2) is 91.0 Å². The molecule has 0 aliphatic carbocycles. The topological polar surface area (TPSA) is 59.6 Å². The molecule has 1 atom stereocenters. The molecule has 190 valence electrons. The van der Waals surface area contributed by atoms with E-state index in [-0.39, 0.29) is 17.6 Å². The molecule has 1 unspecified atom stereocenters. The number of fused-ring (bicyclic) bond motifs is 5. The Bertz CT molecular complexity index is 1590. The van der Waals surface area contributed by atoms with Crippen LogP contribution in [0.2, 0.25) is 0 Å². The quantitative estimate of drug-likeness (QED) is 0.300. The van der Waals surface area contributed by atoms with Crippen molar-refractivity contribution in [2.75, 3.05) is 17.7 Å². The number of benzene rings is 4. The first-order chi connectivity index (χ1) is 18.3. The lowest BCUT2D eigenvalue weighted by Crippen LogP contribution is -2.32. The Labute approximate surface area is 223 Å². The van der Waals surface area contributed by atoms with Crippen molar-refractivity contribution in [3.8, 4) is 22.6 Å². The van der Waals surface area contributed by atoms with Gasteiger partial charge in [0.15, 0.2) is 6.10 Å². The van der Waals surface area contributed by atoms with Gasteiger partial charge in [0.1, 0.15) is 11.5 Å². The number of hydrogen-bond acceptors (Lipinski definition) is 4. The third-order valence-electron chi connectivity index (χ3n) is 7.14. The van der Waals surface area contributed by atoms with Crippen LogP contribution in [0.5, 0.6) is 11.5 Å². The van der Waals surface area contributed by atoms with Gasteiger partial charge in [-0.2, -0.15) is 0 Å². The smallest absolute Gasteiger partial charge is 0.255 e. The number of carbonyl (C=O) groups excluding carboxylic acids is 1. The second-order valence-corrected chi connectivity index (χ2v) is 10.4. The summed E-state index contributed by atoms with van der Waals surface area (Å²) >= 11 is 0. The van der Waals surface area contributed by atoms with Crippen molar-refractivity contribution < 1.29 is 14.3 Å². The van der Waals surface area contributed by atoms with Crippen LogP contribution in [0.25, 0.3) is 16.7 Å². The van der Waals surface area contributed by atoms with Gasteiger partial charge in [0.2, 0.25) is 0 Å². The minimum absolute atomic E-state index is 0.148. The number of ether oxygens (including phenoxy) is 2. The maximum Gasteiger partial charge on any atom is 0.255 e. The molecule has 0 aromatic heterocycles. The summed E-state index contributed by atoms with van der Waals surface area (Å²) in [5.41, 5.74) is 8.66. The molecule has 2 N–H and O–H groups in total. The van der Waals surface area contributed by atoms with Crippen LogP contribution in [0.3, 0.4) is 0 Å². The van der Waals surface area contributed by atoms with E-state index in [1.54, 1.807) is 19.2 Å². The Balaban J connectivity index is 1.49. The fraction of sp³-hybridized carbons (Fsp3) is 0.182. The predicted molar refractivity (Wildman–Crippen MR) is 153 cm³/mol. The molecular weight excluding hydrogens is 472 g/mol. The number of carbonyl (C=O) groups is 1. The first-order valence-corrected chi connectivity index (χ1v) is 12.8. The summed E-state index contributed by atoms with van der Waals surface area (Å²) in [7, 11) is 1.69. The summed E-state index contributed by atoms with van der Waals surface area (Å²) in [5, 5.41) is 6.72. The number of methoxy groups -OCH3 is 1. The van der Waals surface area contributed by atoms with E-state index in [1.807, 2.05) is 54.6 Å². The van der Waals surface area contributed by atoms with E-state index in [1.165, 1.54) is 5.57 Å². The Morgan fingerprint density at radius 1 is 0.947 bits per heavy atom. The number of amides is 1. The highest BCUT2D eigenvalue weighted by atomic mass is 16.5. The third kappa shape index (κ3) is 4.10. The second kappa shape index (κ2) is 9.10. The largest absolute Gasteiger partial charge is 0.496 e. The molecular formula is C33H30N2O3. The molecule has 5 nitrogen and oxygen atoms in total. The number of rotatable bonds is 4. The normalized spacial score (nSPS) is 16.5. The maximum atomic E-state index is 12.9. The van der Waals surface area contributed by atoms with E-state index >= 15 is 0 Å². The van der Waals surface area contributed by atoms with Crippen molar-refractivity contribution in [3.63, 3.8) is 0 Å². The fourth-order valence-electron chi connectivity index (χ4n) is 5.67. The van der Waals surface area contributed by atoms with Gasteiger partial charge in [-0.1, -0.05) is 48.5 Å². The van der Waals surface area contributed by atoms with Gasteiger partial charge in [-0.3, -0.25) is 4.79 Å². The van der Waals surface area contributed by atoms with Gasteiger partial charge >= 0.3 is 0 Å². The van der Waals surface area contributed by atoms with Gasteiger partial charge in [0, 0.05) is 28.1 Å². The molecule has 1 amide bonds. The summed E-state index contributed by atoms with van der Waals surface area (Å²) < 4.78 is 12.5. The van der Waals surface area contributed by atoms with Gasteiger partial charge < -0.3 is 20.1 Å². The summed E-state index contributed by atoms with van der Waals surface area (Å²) in [6, 6.07) is 27.4. The van der Waals surface area contributed by atoms with Gasteiger partial charge in [0.05, 0.1) is 18.2 Å². The Morgan fingerprint density at radius 3 is 2.53 bits per heavy atom. The molecule has 0 bridgehead atoms. The number of allylic oxidation sites excluding steroid dienone is 1. The molecule has 0 radical (unpaired) electrons. The molecule has 6 rings (SSSR count). The second-order valence-electron chi connectivity index (χ2n) is 10.4. The maximum absolute atomic E-state index is 12.9. The van der Waals surface area contributed by atoms with E-state index in [2.05, 4.69) is 55.7 Å². The standard InChI is InChI=1S/C33H30N2O3/c1-20-19-33(2,3)35-25-17-16-24-29-26(37-4)14-9-15-27(29)38-31(30(24)28(20)25)22-12-8-13-23(18-22)34-32(36)21-10-6-5-7-11-21/h5-19,31,35H,1-4H3,(H,34,36). The Kier molecular flexibility index (Phi) is 5.72. The molecule has 0 spiro atoms. The first kappa shape index (κ1) is 23.9. The van der Waals surface area contributed by atoms with Gasteiger partial charge in [-0.05, 0) is 79.9 Å². The minimum atomic E-state index is -0.375. The Hall–Kier alpha value is -4.51. The van der Waals surface area contributed by atoms with Gasteiger partial charge in [-0.25, -0.2) is 0 Å². The minimum Gasteiger partial charge on any atom is -0.496 e. The number of hydrogen-bond donors (Lipinski definition) is 2. The molecule has 0 saturated carbocycles. The zero-order valence-electron chi connectivity index (χ0n) is 22.0. The van der Waals surface area contributed by atoms with E-state index in [0.717, 1.165) is 45.0 Å². The van der Waals surface area contributed by atoms with Crippen molar-refractivity contribution in [3.05, 3.63) is 113 Å². The van der Waals surface area contributed by atoms with Crippen molar-refractivity contribution in [1.82, 2.24) is 0 Å². The number of nitrogens with one attached hydrogen (secondary N) is 2. The molecule has 2 heterocycles. The molecule has 4 aromatic carbocycles. The molecule has 0 saturated heterocycles. The van der Waals surface area contributed by atoms with Crippen LogP contribution in [0, 0.1) is 0 Å². The highest BCUT2D eigenvalue weighted by Crippen LogP contribution is 2.53. The average Bonchev–Trinajstić information content (AvgIpc) is 2.91.